The van der Waals surface area contributed by atoms with Crippen LogP contribution in [0.2, 0.25) is 0 Å². The third-order valence-electron chi connectivity index (χ3n) is 0.604. The van der Waals surface area contributed by atoms with Crippen LogP contribution < -0.4 is 5.73 Å². The molecule has 0 radical (unpaired) electrons. The highest BCUT2D eigenvalue weighted by Gasteiger charge is 1.86. The molecule has 0 amide bonds. The van der Waals surface area contributed by atoms with Gasteiger partial charge in [0.1, 0.15) is 0 Å². The van der Waals surface area contributed by atoms with E-state index >= 15 is 0 Å². The Kier molecular flexibility index (Phi) is 3.28. The van der Waals surface area contributed by atoms with Crippen molar-refractivity contribution in [2.24, 2.45) is 11.7 Å². The molecular formula is C4H9NS. The van der Waals surface area contributed by atoms with Crippen molar-refractivity contribution in [2.75, 3.05) is 6.54 Å². The quantitative estimate of drug-likeness (QED) is 0.517. The molecule has 0 saturated carbocycles. The van der Waals surface area contributed by atoms with Crippen LogP contribution in [0.1, 0.15) is 6.92 Å². The van der Waals surface area contributed by atoms with E-state index in [0.717, 1.165) is 0 Å². The molecule has 0 aliphatic rings. The van der Waals surface area contributed by atoms with Gasteiger partial charge < -0.3 is 5.73 Å². The average molecular weight is 103 g/mol. The zero-order valence-corrected chi connectivity index (χ0v) is 4.66. The Morgan fingerprint density at radius 2 is 2.50 bits per heavy atom. The number of hydrogen-bond donors (Lipinski definition) is 1. The maximum absolute atomic E-state index is 5.18. The Morgan fingerprint density at radius 1 is 2.00 bits per heavy atom. The van der Waals surface area contributed by atoms with Crippen LogP contribution in [0.5, 0.6) is 0 Å². The second-order valence-electron chi connectivity index (χ2n) is 1.35. The maximum Gasteiger partial charge on any atom is -0.000862 e. The van der Waals surface area contributed by atoms with Gasteiger partial charge in [0, 0.05) is 0 Å². The van der Waals surface area contributed by atoms with Crippen LogP contribution in [-0.4, -0.2) is 11.9 Å². The molecule has 0 spiro atoms. The highest BCUT2D eigenvalue weighted by Crippen LogP contribution is 1.81. The largest absolute Gasteiger partial charge is 0.330 e. The van der Waals surface area contributed by atoms with E-state index in [1.807, 2.05) is 6.92 Å². The second kappa shape index (κ2) is 3.25. The minimum atomic E-state index is 0.403. The third-order valence-corrected chi connectivity index (χ3v) is 1.07. The van der Waals surface area contributed by atoms with Crippen LogP contribution in [0.4, 0.5) is 0 Å². The molecule has 2 N–H and O–H groups in total. The van der Waals surface area contributed by atoms with Crippen molar-refractivity contribution >= 4 is 17.6 Å². The molecule has 0 bridgehead atoms. The summed E-state index contributed by atoms with van der Waals surface area (Å²) >= 11 is 4.57. The van der Waals surface area contributed by atoms with Crippen molar-refractivity contribution in [3.63, 3.8) is 0 Å². The van der Waals surface area contributed by atoms with Crippen LogP contribution in [0, 0.1) is 5.92 Å². The van der Waals surface area contributed by atoms with Gasteiger partial charge in [-0.15, -0.1) is 0 Å². The summed E-state index contributed by atoms with van der Waals surface area (Å²) in [5, 5.41) is 1.68. The fourth-order valence-electron chi connectivity index (χ4n) is 0.0556. The molecule has 0 aliphatic carbocycles. The molecule has 0 fully saturated rings. The summed E-state index contributed by atoms with van der Waals surface area (Å²) in [6.07, 6.45) is 0. The second-order valence-corrected chi connectivity index (χ2v) is 1.62. The molecule has 0 saturated heterocycles. The summed E-state index contributed by atoms with van der Waals surface area (Å²) in [5.74, 6) is 0.403. The first-order valence-electron chi connectivity index (χ1n) is 1.96. The van der Waals surface area contributed by atoms with E-state index in [-0.39, 0.29) is 0 Å². The lowest BCUT2D eigenvalue weighted by molar-refractivity contribution is 0.808. The first kappa shape index (κ1) is 6.05. The van der Waals surface area contributed by atoms with E-state index in [0.29, 0.717) is 12.5 Å². The van der Waals surface area contributed by atoms with Gasteiger partial charge in [0.2, 0.25) is 0 Å². The Hall–Kier alpha value is 0.0500. The number of nitrogens with two attached hydrogens (primary N) is 1. The van der Waals surface area contributed by atoms with Gasteiger partial charge in [-0.05, 0) is 17.8 Å². The zero-order valence-electron chi connectivity index (χ0n) is 3.85. The predicted octanol–water partition coefficient (Wildman–Crippen LogP) is 0.581. The molecule has 0 aromatic carbocycles. The van der Waals surface area contributed by atoms with Gasteiger partial charge in [0.05, 0.1) is 0 Å². The molecular weight excluding hydrogens is 94.1 g/mol. The minimum absolute atomic E-state index is 0.403. The smallest absolute Gasteiger partial charge is 0.000862 e. The van der Waals surface area contributed by atoms with Gasteiger partial charge in [0.15, 0.2) is 0 Å². The summed E-state index contributed by atoms with van der Waals surface area (Å²) in [6, 6.07) is 0. The van der Waals surface area contributed by atoms with Crippen LogP contribution in [-0.2, 0) is 0 Å². The first-order chi connectivity index (χ1) is 2.81. The van der Waals surface area contributed by atoms with Gasteiger partial charge in [-0.1, -0.05) is 19.1 Å². The van der Waals surface area contributed by atoms with Crippen molar-refractivity contribution in [3.05, 3.63) is 0 Å². The lowest BCUT2D eigenvalue weighted by atomic mass is 10.2. The topological polar surface area (TPSA) is 26.0 Å². The fourth-order valence-corrected chi connectivity index (χ4v) is 0.167. The summed E-state index contributed by atoms with van der Waals surface area (Å²) < 4.78 is 0. The Bertz CT molecular complexity index is 44.8. The molecule has 0 aromatic rings. The Morgan fingerprint density at radius 3 is 2.50 bits per heavy atom. The highest BCUT2D eigenvalue weighted by molar-refractivity contribution is 7.79. The third kappa shape index (κ3) is 2.30. The van der Waals surface area contributed by atoms with Gasteiger partial charge >= 0.3 is 0 Å². The first-order valence-corrected chi connectivity index (χ1v) is 2.43. The summed E-state index contributed by atoms with van der Waals surface area (Å²) in [4.78, 5) is 0. The molecule has 36 valence electrons. The van der Waals surface area contributed by atoms with E-state index in [4.69, 9.17) is 5.73 Å². The molecule has 0 heterocycles. The van der Waals surface area contributed by atoms with E-state index < -0.39 is 0 Å². The SMILES string of the molecule is CC(C=S)CN. The van der Waals surface area contributed by atoms with Crippen LogP contribution >= 0.6 is 12.2 Å². The number of rotatable bonds is 2. The molecule has 0 aliphatic heterocycles. The van der Waals surface area contributed by atoms with Crippen molar-refractivity contribution in [3.8, 4) is 0 Å². The van der Waals surface area contributed by atoms with Crippen molar-refractivity contribution < 1.29 is 0 Å². The molecule has 1 unspecified atom stereocenters. The van der Waals surface area contributed by atoms with Gasteiger partial charge in [-0.2, -0.15) is 0 Å². The van der Waals surface area contributed by atoms with Crippen molar-refractivity contribution in [1.29, 1.82) is 0 Å². The maximum atomic E-state index is 5.18. The standard InChI is InChI=1S/C4H9NS/c1-4(2-5)3-6/h3-4H,2,5H2,1H3. The highest BCUT2D eigenvalue weighted by atomic mass is 32.1. The van der Waals surface area contributed by atoms with E-state index in [9.17, 15) is 0 Å². The van der Waals surface area contributed by atoms with E-state index in [1.165, 1.54) is 0 Å². The zero-order chi connectivity index (χ0) is 4.99. The van der Waals surface area contributed by atoms with E-state index in [1.54, 1.807) is 5.37 Å². The van der Waals surface area contributed by atoms with Gasteiger partial charge in [0.25, 0.3) is 0 Å². The molecule has 2 heteroatoms. The Balaban J connectivity index is 2.96. The lowest BCUT2D eigenvalue weighted by Gasteiger charge is -1.92. The molecule has 1 nitrogen and oxygen atoms in total. The molecule has 6 heavy (non-hydrogen) atoms. The Labute approximate surface area is 43.5 Å². The summed E-state index contributed by atoms with van der Waals surface area (Å²) in [7, 11) is 0. The molecule has 1 atom stereocenters. The minimum Gasteiger partial charge on any atom is -0.330 e. The molecule has 0 aromatic heterocycles. The average Bonchev–Trinajstić information content (AvgIpc) is 1.65. The summed E-state index contributed by atoms with van der Waals surface area (Å²) in [5.41, 5.74) is 5.18. The normalized spacial score (nSPS) is 13.7. The number of hydrogen-bond acceptors (Lipinski definition) is 2. The van der Waals surface area contributed by atoms with Crippen LogP contribution in [0.15, 0.2) is 0 Å². The van der Waals surface area contributed by atoms with Crippen LogP contribution in [0.3, 0.4) is 0 Å². The van der Waals surface area contributed by atoms with Gasteiger partial charge in [-0.3, -0.25) is 0 Å². The molecule has 0 rings (SSSR count). The van der Waals surface area contributed by atoms with Gasteiger partial charge in [-0.25, -0.2) is 0 Å². The number of thiocarbonyl (C=S) groups is 1. The van der Waals surface area contributed by atoms with Crippen molar-refractivity contribution in [1.82, 2.24) is 0 Å². The van der Waals surface area contributed by atoms with Crippen molar-refractivity contribution in [2.45, 2.75) is 6.92 Å². The fraction of sp³-hybridized carbons (Fsp3) is 0.750. The summed E-state index contributed by atoms with van der Waals surface area (Å²) in [6.45, 7) is 2.66. The van der Waals surface area contributed by atoms with E-state index in [2.05, 4.69) is 12.2 Å². The predicted molar refractivity (Wildman–Crippen MR) is 31.9 cm³/mol. The van der Waals surface area contributed by atoms with Crippen LogP contribution in [0.25, 0.3) is 0 Å². The monoisotopic (exact) mass is 103 g/mol. The lowest BCUT2D eigenvalue weighted by Crippen LogP contribution is -2.10.